The number of piperidine rings is 1. The van der Waals surface area contributed by atoms with Crippen molar-refractivity contribution in [2.24, 2.45) is 11.8 Å². The highest BCUT2D eigenvalue weighted by atomic mass is 19.1. The lowest BCUT2D eigenvalue weighted by Crippen LogP contribution is -2.47. The molecule has 1 aromatic carbocycles. The Morgan fingerprint density at radius 1 is 1.29 bits per heavy atom. The molecule has 28 heavy (non-hydrogen) atoms. The van der Waals surface area contributed by atoms with Crippen molar-refractivity contribution >= 4 is 5.91 Å². The number of hydrogen-bond donors (Lipinski definition) is 1. The molecule has 5 nitrogen and oxygen atoms in total. The molecule has 0 radical (unpaired) electrons. The minimum atomic E-state index is -0.289. The fraction of sp³-hybridized carbons (Fsp3) is 0.545. The first-order valence-corrected chi connectivity index (χ1v) is 10.1. The summed E-state index contributed by atoms with van der Waals surface area (Å²) in [7, 11) is 0. The maximum Gasteiger partial charge on any atom is 0.220 e. The highest BCUT2D eigenvalue weighted by Crippen LogP contribution is 2.22. The van der Waals surface area contributed by atoms with Crippen LogP contribution in [0.15, 0.2) is 34.9 Å². The zero-order valence-corrected chi connectivity index (χ0v) is 17.0. The second kappa shape index (κ2) is 9.32. The van der Waals surface area contributed by atoms with Crippen molar-refractivity contribution in [1.29, 1.82) is 0 Å². The second-order valence-electron chi connectivity index (χ2n) is 8.26. The van der Waals surface area contributed by atoms with Crippen LogP contribution in [0.5, 0.6) is 0 Å². The first kappa shape index (κ1) is 20.5. The zero-order valence-electron chi connectivity index (χ0n) is 17.0. The molecule has 1 aliphatic rings. The van der Waals surface area contributed by atoms with Crippen molar-refractivity contribution < 1.29 is 13.6 Å². The first-order valence-electron chi connectivity index (χ1n) is 10.1. The van der Waals surface area contributed by atoms with Gasteiger partial charge in [-0.25, -0.2) is 9.37 Å². The number of benzene rings is 1. The maximum absolute atomic E-state index is 13.0. The number of amides is 1. The molecular weight excluding hydrogens is 357 g/mol. The van der Waals surface area contributed by atoms with Crippen molar-refractivity contribution in [3.8, 4) is 11.3 Å². The molecule has 0 bridgehead atoms. The number of aryl methyl sites for hydroxylation is 1. The molecule has 1 aliphatic heterocycles. The van der Waals surface area contributed by atoms with Crippen LogP contribution in [-0.2, 0) is 11.2 Å². The van der Waals surface area contributed by atoms with E-state index in [-0.39, 0.29) is 17.8 Å². The fourth-order valence-corrected chi connectivity index (χ4v) is 4.11. The Kier molecular flexibility index (Phi) is 6.83. The average Bonchev–Trinajstić information content (AvgIpc) is 3.08. The largest absolute Gasteiger partial charge is 0.441 e. The van der Waals surface area contributed by atoms with Crippen molar-refractivity contribution in [3.63, 3.8) is 0 Å². The molecule has 3 unspecified atom stereocenters. The molecule has 6 heteroatoms. The van der Waals surface area contributed by atoms with E-state index in [4.69, 9.17) is 4.42 Å². The summed E-state index contributed by atoms with van der Waals surface area (Å²) < 4.78 is 18.7. The molecule has 152 valence electrons. The third-order valence-electron chi connectivity index (χ3n) is 5.13. The summed E-state index contributed by atoms with van der Waals surface area (Å²) in [6.07, 6.45) is 3.67. The minimum absolute atomic E-state index is 0.00661. The van der Waals surface area contributed by atoms with E-state index in [1.807, 2.05) is 0 Å². The number of carbonyl (C=O) groups excluding carboxylic acids is 1. The van der Waals surface area contributed by atoms with Crippen molar-refractivity contribution in [2.45, 2.75) is 46.1 Å². The van der Waals surface area contributed by atoms with Gasteiger partial charge in [-0.1, -0.05) is 13.8 Å². The van der Waals surface area contributed by atoms with Crippen LogP contribution in [0.4, 0.5) is 4.39 Å². The second-order valence-corrected chi connectivity index (χ2v) is 8.26. The highest BCUT2D eigenvalue weighted by Gasteiger charge is 2.23. The number of nitrogens with zero attached hydrogens (tertiary/aromatic N) is 2. The van der Waals surface area contributed by atoms with Crippen molar-refractivity contribution in [1.82, 2.24) is 15.2 Å². The van der Waals surface area contributed by atoms with E-state index in [0.29, 0.717) is 36.3 Å². The average molecular weight is 387 g/mol. The highest BCUT2D eigenvalue weighted by molar-refractivity contribution is 5.76. The SMILES string of the molecule is CC1CC(C)CN(CC(C)NC(=O)CCc2ncc(-c3ccc(F)cc3)o2)C1. The van der Waals surface area contributed by atoms with E-state index < -0.39 is 0 Å². The van der Waals surface area contributed by atoms with Gasteiger partial charge < -0.3 is 14.6 Å². The Balaban J connectivity index is 1.43. The van der Waals surface area contributed by atoms with Gasteiger partial charge in [0.1, 0.15) is 5.82 Å². The standard InChI is InChI=1S/C22H30FN3O2/c1-15-10-16(2)13-26(12-15)14-17(3)25-21(27)8-9-22-24-11-20(28-22)18-4-6-19(23)7-5-18/h4-7,11,15-17H,8-10,12-14H2,1-3H3,(H,25,27). The van der Waals surface area contributed by atoms with E-state index in [9.17, 15) is 9.18 Å². The zero-order chi connectivity index (χ0) is 20.1. The van der Waals surface area contributed by atoms with Gasteiger partial charge in [-0.05, 0) is 49.4 Å². The lowest BCUT2D eigenvalue weighted by Gasteiger charge is -2.36. The van der Waals surface area contributed by atoms with Crippen molar-refractivity contribution in [3.05, 3.63) is 42.2 Å². The number of rotatable bonds is 7. The van der Waals surface area contributed by atoms with Crippen LogP contribution in [0, 0.1) is 17.7 Å². The number of aromatic nitrogens is 1. The molecule has 2 aromatic rings. The van der Waals surface area contributed by atoms with Gasteiger partial charge in [0.25, 0.3) is 0 Å². The Labute approximate surface area is 166 Å². The smallest absolute Gasteiger partial charge is 0.220 e. The summed E-state index contributed by atoms with van der Waals surface area (Å²) in [6.45, 7) is 9.73. The Hall–Kier alpha value is -2.21. The third kappa shape index (κ3) is 5.89. The molecule has 0 aliphatic carbocycles. The summed E-state index contributed by atoms with van der Waals surface area (Å²) in [5.41, 5.74) is 0.767. The van der Waals surface area contributed by atoms with Gasteiger partial charge in [-0.3, -0.25) is 4.79 Å². The molecule has 3 rings (SSSR count). The third-order valence-corrected chi connectivity index (χ3v) is 5.13. The van der Waals surface area contributed by atoms with E-state index in [1.165, 1.54) is 18.6 Å². The topological polar surface area (TPSA) is 58.4 Å². The summed E-state index contributed by atoms with van der Waals surface area (Å²) in [4.78, 5) is 18.9. The Morgan fingerprint density at radius 2 is 1.96 bits per heavy atom. The van der Waals surface area contributed by atoms with Gasteiger partial charge in [0.2, 0.25) is 5.91 Å². The summed E-state index contributed by atoms with van der Waals surface area (Å²) in [5.74, 6) is 2.24. The van der Waals surface area contributed by atoms with Crippen LogP contribution in [-0.4, -0.2) is 41.5 Å². The normalized spacial score (nSPS) is 21.4. The van der Waals surface area contributed by atoms with Crippen LogP contribution in [0.25, 0.3) is 11.3 Å². The lowest BCUT2D eigenvalue weighted by molar-refractivity contribution is -0.121. The molecule has 0 spiro atoms. The van der Waals surface area contributed by atoms with E-state index in [2.05, 4.69) is 36.0 Å². The number of oxazole rings is 1. The van der Waals surface area contributed by atoms with E-state index in [1.54, 1.807) is 18.3 Å². The van der Waals surface area contributed by atoms with Crippen LogP contribution < -0.4 is 5.32 Å². The van der Waals surface area contributed by atoms with Gasteiger partial charge in [-0.15, -0.1) is 0 Å². The quantitative estimate of drug-likeness (QED) is 0.783. The lowest BCUT2D eigenvalue weighted by atomic mass is 9.92. The number of carbonyl (C=O) groups is 1. The van der Waals surface area contributed by atoms with Crippen LogP contribution in [0.3, 0.4) is 0 Å². The molecule has 2 heterocycles. The summed E-state index contributed by atoms with van der Waals surface area (Å²) >= 11 is 0. The maximum atomic E-state index is 13.0. The van der Waals surface area contributed by atoms with Crippen molar-refractivity contribution in [2.75, 3.05) is 19.6 Å². The molecule has 1 fully saturated rings. The monoisotopic (exact) mass is 387 g/mol. The number of nitrogens with one attached hydrogen (secondary N) is 1. The number of hydrogen-bond acceptors (Lipinski definition) is 4. The van der Waals surface area contributed by atoms with Gasteiger partial charge in [0.15, 0.2) is 11.7 Å². The summed E-state index contributed by atoms with van der Waals surface area (Å²) in [5, 5.41) is 3.08. The molecule has 3 atom stereocenters. The van der Waals surface area contributed by atoms with Crippen LogP contribution in [0.1, 0.15) is 39.5 Å². The molecule has 1 N–H and O–H groups in total. The molecule has 1 aromatic heterocycles. The minimum Gasteiger partial charge on any atom is -0.441 e. The Bertz CT molecular complexity index is 764. The predicted octanol–water partition coefficient (Wildman–Crippen LogP) is 3.90. The van der Waals surface area contributed by atoms with Crippen LogP contribution in [0.2, 0.25) is 0 Å². The number of halogens is 1. The fourth-order valence-electron chi connectivity index (χ4n) is 4.11. The van der Waals surface area contributed by atoms with Gasteiger partial charge in [0.05, 0.1) is 6.20 Å². The van der Waals surface area contributed by atoms with E-state index in [0.717, 1.165) is 25.2 Å². The molecular formula is C22H30FN3O2. The molecule has 1 saturated heterocycles. The van der Waals surface area contributed by atoms with Gasteiger partial charge in [-0.2, -0.15) is 0 Å². The van der Waals surface area contributed by atoms with Crippen LogP contribution >= 0.6 is 0 Å². The number of likely N-dealkylation sites (tertiary alicyclic amines) is 1. The molecule has 0 saturated carbocycles. The van der Waals surface area contributed by atoms with Gasteiger partial charge in [0, 0.05) is 44.1 Å². The van der Waals surface area contributed by atoms with Gasteiger partial charge >= 0.3 is 0 Å². The predicted molar refractivity (Wildman–Crippen MR) is 107 cm³/mol. The molecule has 1 amide bonds. The Morgan fingerprint density at radius 3 is 2.64 bits per heavy atom. The first-order chi connectivity index (χ1) is 13.4. The van der Waals surface area contributed by atoms with E-state index >= 15 is 0 Å². The summed E-state index contributed by atoms with van der Waals surface area (Å²) in [6, 6.07) is 6.18.